The minimum atomic E-state index is -0.901. The largest absolute Gasteiger partial charge is 0.478 e. The lowest BCUT2D eigenvalue weighted by atomic mass is 9.79. The van der Waals surface area contributed by atoms with E-state index in [1.54, 1.807) is 6.92 Å². The Labute approximate surface area is 103 Å². The highest BCUT2D eigenvalue weighted by Crippen LogP contribution is 2.28. The number of carboxylic acids is 1. The zero-order valence-electron chi connectivity index (χ0n) is 11.4. The molecule has 0 amide bonds. The van der Waals surface area contributed by atoms with Crippen LogP contribution in [-0.4, -0.2) is 28.2 Å². The van der Waals surface area contributed by atoms with E-state index in [9.17, 15) is 4.79 Å². The zero-order valence-corrected chi connectivity index (χ0v) is 11.4. The van der Waals surface area contributed by atoms with Crippen molar-refractivity contribution in [3.05, 3.63) is 11.8 Å². The van der Waals surface area contributed by atoms with Crippen LogP contribution in [0.15, 0.2) is 11.8 Å². The second-order valence-electron chi connectivity index (χ2n) is 6.31. The van der Waals surface area contributed by atoms with Gasteiger partial charge in [-0.2, -0.15) is 0 Å². The van der Waals surface area contributed by atoms with Gasteiger partial charge in [0.1, 0.15) is 0 Å². The lowest BCUT2D eigenvalue weighted by Gasteiger charge is -2.47. The van der Waals surface area contributed by atoms with Crippen LogP contribution in [0.4, 0.5) is 0 Å². The molecular weight excluding hydrogens is 216 g/mol. The summed E-state index contributed by atoms with van der Waals surface area (Å²) in [5.74, 6) is -0.901. The third kappa shape index (κ3) is 4.77. The third-order valence-electron chi connectivity index (χ3n) is 2.96. The molecule has 1 fully saturated rings. The van der Waals surface area contributed by atoms with E-state index in [-0.39, 0.29) is 11.1 Å². The highest BCUT2D eigenvalue weighted by Gasteiger charge is 2.37. The number of allylic oxidation sites excluding steroid dienone is 1. The van der Waals surface area contributed by atoms with Crippen LogP contribution in [-0.2, 0) is 4.79 Å². The van der Waals surface area contributed by atoms with E-state index in [0.29, 0.717) is 6.04 Å². The lowest BCUT2D eigenvalue weighted by molar-refractivity contribution is -0.131. The van der Waals surface area contributed by atoms with Crippen LogP contribution in [0.1, 0.15) is 47.5 Å². The first-order chi connectivity index (χ1) is 7.60. The minimum absolute atomic E-state index is 0.0723. The van der Waals surface area contributed by atoms with Crippen molar-refractivity contribution in [2.24, 2.45) is 0 Å². The van der Waals surface area contributed by atoms with Crippen molar-refractivity contribution >= 4 is 5.97 Å². The average molecular weight is 240 g/mol. The molecule has 1 rings (SSSR count). The summed E-state index contributed by atoms with van der Waals surface area (Å²) in [6, 6.07) is 0.317. The number of nitrogens with one attached hydrogen (secondary N) is 2. The van der Waals surface area contributed by atoms with Gasteiger partial charge in [-0.15, -0.1) is 0 Å². The van der Waals surface area contributed by atoms with Crippen molar-refractivity contribution in [2.45, 2.75) is 64.6 Å². The summed E-state index contributed by atoms with van der Waals surface area (Å²) in [4.78, 5) is 10.6. The molecule has 0 radical (unpaired) electrons. The Balaban J connectivity index is 2.69. The van der Waals surface area contributed by atoms with Gasteiger partial charge in [-0.3, -0.25) is 0 Å². The number of rotatable bonds is 3. The summed E-state index contributed by atoms with van der Waals surface area (Å²) in [6.07, 6.45) is 3.20. The second-order valence-corrected chi connectivity index (χ2v) is 6.31. The van der Waals surface area contributed by atoms with Gasteiger partial charge in [0.05, 0.1) is 0 Å². The van der Waals surface area contributed by atoms with Crippen molar-refractivity contribution in [1.29, 1.82) is 0 Å². The summed E-state index contributed by atoms with van der Waals surface area (Å²) in [7, 11) is 0. The molecular formula is C13H24N2O2. The molecule has 4 nitrogen and oxygen atoms in total. The number of carbonyl (C=O) groups is 1. The fraction of sp³-hybridized carbons (Fsp3) is 0.769. The Morgan fingerprint density at radius 2 is 1.76 bits per heavy atom. The van der Waals surface area contributed by atoms with Crippen LogP contribution in [0.5, 0.6) is 0 Å². The number of piperidine rings is 1. The normalized spacial score (nSPS) is 24.4. The van der Waals surface area contributed by atoms with E-state index in [4.69, 9.17) is 5.11 Å². The SMILES string of the molecule is CC(=CC(=O)O)NC1CC(C)(C)NC(C)(C)C1. The van der Waals surface area contributed by atoms with E-state index in [1.165, 1.54) is 6.08 Å². The predicted octanol–water partition coefficient (Wildman–Crippen LogP) is 1.87. The fourth-order valence-corrected chi connectivity index (χ4v) is 2.97. The number of hydrogen-bond acceptors (Lipinski definition) is 3. The summed E-state index contributed by atoms with van der Waals surface area (Å²) in [5, 5.41) is 15.6. The number of aliphatic carboxylic acids is 1. The van der Waals surface area contributed by atoms with E-state index in [1.807, 2.05) is 0 Å². The van der Waals surface area contributed by atoms with Gasteiger partial charge < -0.3 is 15.7 Å². The monoisotopic (exact) mass is 240 g/mol. The van der Waals surface area contributed by atoms with Gasteiger partial charge in [0.15, 0.2) is 0 Å². The number of carboxylic acid groups (broad SMARTS) is 1. The van der Waals surface area contributed by atoms with Crippen LogP contribution >= 0.6 is 0 Å². The molecule has 1 saturated heterocycles. The summed E-state index contributed by atoms with van der Waals surface area (Å²) in [5.41, 5.74) is 0.863. The molecule has 0 bridgehead atoms. The molecule has 0 saturated carbocycles. The van der Waals surface area contributed by atoms with Crippen molar-refractivity contribution in [3.63, 3.8) is 0 Å². The molecule has 0 atom stereocenters. The molecule has 1 aliphatic heterocycles. The van der Waals surface area contributed by atoms with Crippen LogP contribution in [0, 0.1) is 0 Å². The minimum Gasteiger partial charge on any atom is -0.478 e. The molecule has 0 aliphatic carbocycles. The Morgan fingerprint density at radius 1 is 1.29 bits per heavy atom. The van der Waals surface area contributed by atoms with Gasteiger partial charge in [0.2, 0.25) is 0 Å². The van der Waals surface area contributed by atoms with Gasteiger partial charge in [-0.1, -0.05) is 0 Å². The molecule has 0 spiro atoms. The van der Waals surface area contributed by atoms with Gasteiger partial charge in [-0.25, -0.2) is 4.79 Å². The number of hydrogen-bond donors (Lipinski definition) is 3. The Morgan fingerprint density at radius 3 is 2.18 bits per heavy atom. The highest BCUT2D eigenvalue weighted by molar-refractivity contribution is 5.80. The van der Waals surface area contributed by atoms with Gasteiger partial charge in [-0.05, 0) is 47.5 Å². The molecule has 3 N–H and O–H groups in total. The van der Waals surface area contributed by atoms with Crippen LogP contribution in [0.25, 0.3) is 0 Å². The smallest absolute Gasteiger partial charge is 0.330 e. The molecule has 1 heterocycles. The highest BCUT2D eigenvalue weighted by atomic mass is 16.4. The van der Waals surface area contributed by atoms with Crippen LogP contribution in [0.3, 0.4) is 0 Å². The molecule has 0 aromatic heterocycles. The second kappa shape index (κ2) is 4.69. The van der Waals surface area contributed by atoms with Gasteiger partial charge in [0, 0.05) is 28.9 Å². The van der Waals surface area contributed by atoms with Crippen LogP contribution in [0.2, 0.25) is 0 Å². The first kappa shape index (κ1) is 14.0. The quantitative estimate of drug-likeness (QED) is 0.659. The van der Waals surface area contributed by atoms with E-state index in [2.05, 4.69) is 38.3 Å². The van der Waals surface area contributed by atoms with Crippen molar-refractivity contribution < 1.29 is 9.90 Å². The van der Waals surface area contributed by atoms with Crippen molar-refractivity contribution in [2.75, 3.05) is 0 Å². The van der Waals surface area contributed by atoms with E-state index < -0.39 is 5.97 Å². The summed E-state index contributed by atoms with van der Waals surface area (Å²) >= 11 is 0. The molecule has 17 heavy (non-hydrogen) atoms. The molecule has 0 aromatic carbocycles. The fourth-order valence-electron chi connectivity index (χ4n) is 2.97. The Hall–Kier alpha value is -1.03. The summed E-state index contributed by atoms with van der Waals surface area (Å²) in [6.45, 7) is 10.5. The van der Waals surface area contributed by atoms with Gasteiger partial charge in [0.25, 0.3) is 0 Å². The van der Waals surface area contributed by atoms with E-state index >= 15 is 0 Å². The van der Waals surface area contributed by atoms with Crippen molar-refractivity contribution in [1.82, 2.24) is 10.6 Å². The average Bonchev–Trinajstić information content (AvgIpc) is 1.93. The van der Waals surface area contributed by atoms with E-state index in [0.717, 1.165) is 18.5 Å². The Kier molecular flexibility index (Phi) is 3.87. The molecule has 0 aromatic rings. The zero-order chi connectivity index (χ0) is 13.3. The molecule has 4 heteroatoms. The van der Waals surface area contributed by atoms with Crippen molar-refractivity contribution in [3.8, 4) is 0 Å². The topological polar surface area (TPSA) is 61.4 Å². The summed E-state index contributed by atoms with van der Waals surface area (Å²) < 4.78 is 0. The molecule has 1 aliphatic rings. The molecule has 98 valence electrons. The maximum absolute atomic E-state index is 10.6. The first-order valence-electron chi connectivity index (χ1n) is 6.07. The standard InChI is InChI=1S/C13H24N2O2/c1-9(6-11(16)17)14-10-7-12(2,3)15-13(4,5)8-10/h6,10,14-15H,7-8H2,1-5H3,(H,16,17). The Bertz CT molecular complexity index is 316. The first-order valence-corrected chi connectivity index (χ1v) is 6.07. The molecule has 0 unspecified atom stereocenters. The maximum Gasteiger partial charge on any atom is 0.330 e. The maximum atomic E-state index is 10.6. The van der Waals surface area contributed by atoms with Crippen LogP contribution < -0.4 is 10.6 Å². The third-order valence-corrected chi connectivity index (χ3v) is 2.96. The van der Waals surface area contributed by atoms with Gasteiger partial charge >= 0.3 is 5.97 Å². The predicted molar refractivity (Wildman–Crippen MR) is 68.8 cm³/mol. The lowest BCUT2D eigenvalue weighted by Crippen LogP contribution is -2.61.